The van der Waals surface area contributed by atoms with E-state index in [0.717, 1.165) is 22.2 Å². The summed E-state index contributed by atoms with van der Waals surface area (Å²) in [4.78, 5) is 12.0. The lowest BCUT2D eigenvalue weighted by atomic mass is 10.1. The van der Waals surface area contributed by atoms with Crippen LogP contribution in [0.1, 0.15) is 26.5 Å². The number of aromatic nitrogens is 5. The lowest BCUT2D eigenvalue weighted by Gasteiger charge is -2.23. The molecule has 6 heteroatoms. The number of nitrogens with zero attached hydrogens (tertiary/aromatic N) is 5. The summed E-state index contributed by atoms with van der Waals surface area (Å²) in [5.41, 5.74) is 4.91. The topological polar surface area (TPSA) is 74.7 Å². The van der Waals surface area contributed by atoms with Gasteiger partial charge in [-0.15, -0.1) is 0 Å². The highest BCUT2D eigenvalue weighted by Crippen LogP contribution is 2.33. The number of hydrogen-bond donors (Lipinski definition) is 1. The molecule has 104 valence electrons. The number of nitrogens with one attached hydrogen (secondary N) is 1. The Kier molecular flexibility index (Phi) is 2.07. The van der Waals surface area contributed by atoms with Crippen molar-refractivity contribution in [3.8, 4) is 6.07 Å². The number of imidazole rings is 2. The second kappa shape index (κ2) is 3.64. The summed E-state index contributed by atoms with van der Waals surface area (Å²) >= 11 is 0. The minimum Gasteiger partial charge on any atom is -0.334 e. The van der Waals surface area contributed by atoms with Gasteiger partial charge in [0.05, 0.1) is 5.52 Å². The Labute approximate surface area is 120 Å². The number of nitriles is 1. The predicted molar refractivity (Wildman–Crippen MR) is 80.1 cm³/mol. The number of rotatable bonds is 0. The third kappa shape index (κ3) is 1.40. The van der Waals surface area contributed by atoms with Gasteiger partial charge in [0.2, 0.25) is 0 Å². The van der Waals surface area contributed by atoms with Crippen LogP contribution in [0.25, 0.3) is 27.8 Å². The number of aromatic amines is 1. The van der Waals surface area contributed by atoms with E-state index < -0.39 is 0 Å². The zero-order valence-electron chi connectivity index (χ0n) is 12.0. The van der Waals surface area contributed by atoms with Crippen LogP contribution < -0.4 is 0 Å². The fourth-order valence-corrected chi connectivity index (χ4v) is 2.95. The highest BCUT2D eigenvalue weighted by molar-refractivity contribution is 6.04. The lowest BCUT2D eigenvalue weighted by molar-refractivity contribution is 0.420. The van der Waals surface area contributed by atoms with Crippen LogP contribution >= 0.6 is 0 Å². The molecule has 0 saturated heterocycles. The van der Waals surface area contributed by atoms with E-state index in [0.29, 0.717) is 11.3 Å². The minimum absolute atomic E-state index is 0.116. The molecule has 0 atom stereocenters. The smallest absolute Gasteiger partial charge is 0.183 e. The van der Waals surface area contributed by atoms with Gasteiger partial charge in [0, 0.05) is 11.7 Å². The van der Waals surface area contributed by atoms with Crippen LogP contribution in [0, 0.1) is 11.3 Å². The van der Waals surface area contributed by atoms with Crippen molar-refractivity contribution < 1.29 is 0 Å². The van der Waals surface area contributed by atoms with E-state index in [9.17, 15) is 0 Å². The molecule has 4 aromatic heterocycles. The van der Waals surface area contributed by atoms with Crippen LogP contribution in [0.2, 0.25) is 0 Å². The lowest BCUT2D eigenvalue weighted by Crippen LogP contribution is -2.22. The quantitative estimate of drug-likeness (QED) is 0.537. The molecule has 0 amide bonds. The van der Waals surface area contributed by atoms with Gasteiger partial charge in [-0.3, -0.25) is 9.38 Å². The fraction of sp³-hybridized carbons (Fsp3) is 0.267. The van der Waals surface area contributed by atoms with Crippen molar-refractivity contribution in [1.29, 1.82) is 5.26 Å². The molecular formula is C15H14N6. The van der Waals surface area contributed by atoms with E-state index in [4.69, 9.17) is 5.26 Å². The van der Waals surface area contributed by atoms with Gasteiger partial charge >= 0.3 is 0 Å². The van der Waals surface area contributed by atoms with E-state index in [1.54, 1.807) is 12.5 Å². The van der Waals surface area contributed by atoms with Crippen molar-refractivity contribution in [3.63, 3.8) is 0 Å². The largest absolute Gasteiger partial charge is 0.334 e. The summed E-state index contributed by atoms with van der Waals surface area (Å²) in [5.74, 6) is 0. The van der Waals surface area contributed by atoms with Gasteiger partial charge in [-0.05, 0) is 32.9 Å². The molecular weight excluding hydrogens is 264 g/mol. The second-order valence-electron chi connectivity index (χ2n) is 6.12. The Morgan fingerprint density at radius 2 is 2.10 bits per heavy atom. The predicted octanol–water partition coefficient (Wildman–Crippen LogP) is 2.79. The molecule has 4 rings (SSSR count). The summed E-state index contributed by atoms with van der Waals surface area (Å²) in [6.45, 7) is 6.46. The molecule has 0 spiro atoms. The van der Waals surface area contributed by atoms with Gasteiger partial charge in [-0.25, -0.2) is 4.98 Å². The van der Waals surface area contributed by atoms with Crippen molar-refractivity contribution >= 4 is 27.8 Å². The van der Waals surface area contributed by atoms with E-state index in [2.05, 4.69) is 52.4 Å². The van der Waals surface area contributed by atoms with Gasteiger partial charge in [0.15, 0.2) is 11.3 Å². The van der Waals surface area contributed by atoms with Crippen molar-refractivity contribution in [2.75, 3.05) is 0 Å². The van der Waals surface area contributed by atoms with Crippen molar-refractivity contribution in [3.05, 3.63) is 30.4 Å². The van der Waals surface area contributed by atoms with Crippen LogP contribution in [-0.2, 0) is 5.54 Å². The number of fused-ring (bicyclic) bond motifs is 5. The molecule has 0 aromatic carbocycles. The molecule has 0 aliphatic heterocycles. The first-order valence-corrected chi connectivity index (χ1v) is 6.77. The minimum atomic E-state index is -0.116. The molecule has 0 saturated carbocycles. The molecule has 4 aromatic rings. The molecule has 0 radical (unpaired) electrons. The van der Waals surface area contributed by atoms with E-state index in [-0.39, 0.29) is 5.54 Å². The number of H-pyrrole nitrogens is 1. The maximum absolute atomic E-state index is 9.16. The summed E-state index contributed by atoms with van der Waals surface area (Å²) in [7, 11) is 0. The summed E-state index contributed by atoms with van der Waals surface area (Å²) in [5, 5.41) is 9.16. The van der Waals surface area contributed by atoms with Gasteiger partial charge in [-0.2, -0.15) is 5.26 Å². The summed E-state index contributed by atoms with van der Waals surface area (Å²) in [6.07, 6.45) is 3.47. The van der Waals surface area contributed by atoms with E-state index >= 15 is 0 Å². The zero-order chi connectivity index (χ0) is 14.8. The molecule has 4 heterocycles. The third-order valence-corrected chi connectivity index (χ3v) is 3.72. The van der Waals surface area contributed by atoms with Gasteiger partial charge < -0.3 is 9.55 Å². The Bertz CT molecular complexity index is 1030. The van der Waals surface area contributed by atoms with Crippen LogP contribution in [0.4, 0.5) is 0 Å². The summed E-state index contributed by atoms with van der Waals surface area (Å²) in [6, 6.07) is 6.12. The first-order valence-electron chi connectivity index (χ1n) is 6.77. The van der Waals surface area contributed by atoms with Crippen molar-refractivity contribution in [1.82, 2.24) is 23.9 Å². The van der Waals surface area contributed by atoms with Crippen LogP contribution in [0.3, 0.4) is 0 Å². The molecule has 6 nitrogen and oxygen atoms in total. The monoisotopic (exact) mass is 278 g/mol. The molecule has 0 aliphatic rings. The first kappa shape index (κ1) is 12.0. The highest BCUT2D eigenvalue weighted by atomic mass is 15.2. The Balaban J connectivity index is 2.33. The standard InChI is InChI=1S/C15H14N6/c1-15(2,3)21-10-5-4-6-17-11(10)12-14(21)20-8-18-9(7-16)13(20)19-12/h4-6,8,19H,1-3H3. The van der Waals surface area contributed by atoms with Gasteiger partial charge in [-0.1, -0.05) is 0 Å². The summed E-state index contributed by atoms with van der Waals surface area (Å²) < 4.78 is 4.16. The third-order valence-electron chi connectivity index (χ3n) is 3.72. The van der Waals surface area contributed by atoms with E-state index in [1.165, 1.54) is 0 Å². The van der Waals surface area contributed by atoms with E-state index in [1.807, 2.05) is 10.5 Å². The average Bonchev–Trinajstić information content (AvgIpc) is 3.05. The number of pyridine rings is 1. The number of hydrogen-bond acceptors (Lipinski definition) is 3. The second-order valence-corrected chi connectivity index (χ2v) is 6.12. The van der Waals surface area contributed by atoms with Crippen LogP contribution in [0.15, 0.2) is 24.7 Å². The average molecular weight is 278 g/mol. The normalized spacial score (nSPS) is 12.5. The molecule has 0 aliphatic carbocycles. The maximum Gasteiger partial charge on any atom is 0.183 e. The molecule has 0 fully saturated rings. The first-order chi connectivity index (χ1) is 10.0. The highest BCUT2D eigenvalue weighted by Gasteiger charge is 2.25. The maximum atomic E-state index is 9.16. The fourth-order valence-electron chi connectivity index (χ4n) is 2.95. The van der Waals surface area contributed by atoms with Crippen molar-refractivity contribution in [2.24, 2.45) is 0 Å². The van der Waals surface area contributed by atoms with Crippen LogP contribution in [-0.4, -0.2) is 23.9 Å². The SMILES string of the molecule is CC(C)(C)n1c2cccnc2c2[nH]c3c(C#N)ncn3c21. The van der Waals surface area contributed by atoms with Crippen molar-refractivity contribution in [2.45, 2.75) is 26.3 Å². The zero-order valence-corrected chi connectivity index (χ0v) is 12.0. The molecule has 0 unspecified atom stereocenters. The Hall–Kier alpha value is -2.81. The molecule has 21 heavy (non-hydrogen) atoms. The van der Waals surface area contributed by atoms with Gasteiger partial charge in [0.25, 0.3) is 0 Å². The van der Waals surface area contributed by atoms with Crippen LogP contribution in [0.5, 0.6) is 0 Å². The molecule has 1 N–H and O–H groups in total. The Morgan fingerprint density at radius 3 is 2.81 bits per heavy atom. The Morgan fingerprint density at radius 1 is 1.29 bits per heavy atom. The van der Waals surface area contributed by atoms with Gasteiger partial charge in [0.1, 0.15) is 29.1 Å². The molecule has 0 bridgehead atoms.